The summed E-state index contributed by atoms with van der Waals surface area (Å²) < 4.78 is 14.3. The Labute approximate surface area is 108 Å². The first-order valence-electron chi connectivity index (χ1n) is 5.56. The van der Waals surface area contributed by atoms with Crippen LogP contribution in [0.5, 0.6) is 0 Å². The number of carbonyl (C=O) groups excluding carboxylic acids is 1. The summed E-state index contributed by atoms with van der Waals surface area (Å²) in [6.07, 6.45) is 0. The molecule has 1 heterocycles. The molecule has 0 radical (unpaired) electrons. The van der Waals surface area contributed by atoms with E-state index in [-0.39, 0.29) is 17.5 Å². The molecule has 0 bridgehead atoms. The van der Waals surface area contributed by atoms with Crippen LogP contribution < -0.4 is 5.32 Å². The van der Waals surface area contributed by atoms with Crippen molar-refractivity contribution >= 4 is 21.8 Å². The third-order valence-electron chi connectivity index (χ3n) is 2.92. The summed E-state index contributed by atoms with van der Waals surface area (Å²) in [5, 5.41) is 3.20. The molecule has 1 aromatic rings. The lowest BCUT2D eigenvalue weighted by atomic mass is 10.1. The second-order valence-corrected chi connectivity index (χ2v) is 5.09. The quantitative estimate of drug-likeness (QED) is 0.861. The van der Waals surface area contributed by atoms with Crippen molar-refractivity contribution in [2.45, 2.75) is 13.0 Å². The Hall–Kier alpha value is -0.940. The number of hydrogen-bond donors (Lipinski definition) is 1. The number of halogens is 2. The SMILES string of the molecule is CC1CNCCN1C(=O)c1ccc(Br)cc1F. The van der Waals surface area contributed by atoms with E-state index >= 15 is 0 Å². The van der Waals surface area contributed by atoms with Gasteiger partial charge in [-0.3, -0.25) is 4.79 Å². The average Bonchev–Trinajstić information content (AvgIpc) is 2.29. The second kappa shape index (κ2) is 5.14. The Kier molecular flexibility index (Phi) is 3.79. The van der Waals surface area contributed by atoms with Gasteiger partial charge in [0.05, 0.1) is 5.56 Å². The molecule has 0 saturated carbocycles. The van der Waals surface area contributed by atoms with Crippen LogP contribution in [-0.2, 0) is 0 Å². The highest BCUT2D eigenvalue weighted by Crippen LogP contribution is 2.18. The molecule has 1 atom stereocenters. The maximum atomic E-state index is 13.7. The zero-order valence-electron chi connectivity index (χ0n) is 9.54. The number of rotatable bonds is 1. The minimum Gasteiger partial charge on any atom is -0.333 e. The molecule has 1 aromatic carbocycles. The van der Waals surface area contributed by atoms with Crippen LogP contribution in [0.25, 0.3) is 0 Å². The predicted molar refractivity (Wildman–Crippen MR) is 67.5 cm³/mol. The van der Waals surface area contributed by atoms with Gasteiger partial charge in [0, 0.05) is 30.1 Å². The molecule has 1 N–H and O–H groups in total. The van der Waals surface area contributed by atoms with Crippen LogP contribution in [0, 0.1) is 5.82 Å². The molecule has 1 aliphatic rings. The summed E-state index contributed by atoms with van der Waals surface area (Å²) >= 11 is 3.18. The molecular weight excluding hydrogens is 287 g/mol. The Morgan fingerprint density at radius 2 is 2.35 bits per heavy atom. The van der Waals surface area contributed by atoms with E-state index in [1.165, 1.54) is 12.1 Å². The molecule has 0 spiro atoms. The summed E-state index contributed by atoms with van der Waals surface area (Å²) in [5.74, 6) is -0.709. The van der Waals surface area contributed by atoms with Crippen molar-refractivity contribution in [3.8, 4) is 0 Å². The Bertz CT molecular complexity index is 439. The van der Waals surface area contributed by atoms with Crippen molar-refractivity contribution in [1.82, 2.24) is 10.2 Å². The van der Waals surface area contributed by atoms with E-state index in [4.69, 9.17) is 0 Å². The number of nitrogens with zero attached hydrogens (tertiary/aromatic N) is 1. The minimum atomic E-state index is -0.477. The van der Waals surface area contributed by atoms with Gasteiger partial charge in [-0.25, -0.2) is 4.39 Å². The number of hydrogen-bond acceptors (Lipinski definition) is 2. The lowest BCUT2D eigenvalue weighted by Gasteiger charge is -2.34. The van der Waals surface area contributed by atoms with Crippen molar-refractivity contribution in [2.24, 2.45) is 0 Å². The van der Waals surface area contributed by atoms with Crippen LogP contribution >= 0.6 is 15.9 Å². The number of benzene rings is 1. The molecule has 1 saturated heterocycles. The topological polar surface area (TPSA) is 32.3 Å². The van der Waals surface area contributed by atoms with Gasteiger partial charge in [0.1, 0.15) is 5.82 Å². The zero-order valence-corrected chi connectivity index (χ0v) is 11.1. The Morgan fingerprint density at radius 1 is 1.59 bits per heavy atom. The van der Waals surface area contributed by atoms with Crippen LogP contribution in [0.2, 0.25) is 0 Å². The maximum Gasteiger partial charge on any atom is 0.257 e. The lowest BCUT2D eigenvalue weighted by molar-refractivity contribution is 0.0651. The van der Waals surface area contributed by atoms with Crippen LogP contribution in [0.3, 0.4) is 0 Å². The molecule has 0 aromatic heterocycles. The molecule has 1 amide bonds. The molecule has 5 heteroatoms. The standard InChI is InChI=1S/C12H14BrFN2O/c1-8-7-15-4-5-16(8)12(17)10-3-2-9(13)6-11(10)14/h2-3,6,8,15H,4-5,7H2,1H3. The lowest BCUT2D eigenvalue weighted by Crippen LogP contribution is -2.52. The molecule has 1 fully saturated rings. The van der Waals surface area contributed by atoms with Crippen molar-refractivity contribution in [2.75, 3.05) is 19.6 Å². The molecule has 92 valence electrons. The molecule has 0 aliphatic carbocycles. The fourth-order valence-electron chi connectivity index (χ4n) is 1.96. The van der Waals surface area contributed by atoms with E-state index in [9.17, 15) is 9.18 Å². The fourth-order valence-corrected chi connectivity index (χ4v) is 2.29. The second-order valence-electron chi connectivity index (χ2n) is 4.18. The van der Waals surface area contributed by atoms with Crippen LogP contribution in [0.4, 0.5) is 4.39 Å². The van der Waals surface area contributed by atoms with Gasteiger partial charge < -0.3 is 10.2 Å². The van der Waals surface area contributed by atoms with Gasteiger partial charge in [-0.2, -0.15) is 0 Å². The zero-order chi connectivity index (χ0) is 12.4. The Morgan fingerprint density at radius 3 is 3.00 bits per heavy atom. The third kappa shape index (κ3) is 2.66. The van der Waals surface area contributed by atoms with E-state index < -0.39 is 5.82 Å². The smallest absolute Gasteiger partial charge is 0.257 e. The normalized spacial score (nSPS) is 20.4. The predicted octanol–water partition coefficient (Wildman–Crippen LogP) is 2.02. The van der Waals surface area contributed by atoms with Crippen molar-refractivity contribution in [3.63, 3.8) is 0 Å². The molecular formula is C12H14BrFN2O. The number of nitrogens with one attached hydrogen (secondary N) is 1. The maximum absolute atomic E-state index is 13.7. The molecule has 1 unspecified atom stereocenters. The van der Waals surface area contributed by atoms with Gasteiger partial charge in [-0.05, 0) is 25.1 Å². The van der Waals surface area contributed by atoms with E-state index in [2.05, 4.69) is 21.2 Å². The van der Waals surface area contributed by atoms with Crippen molar-refractivity contribution in [3.05, 3.63) is 34.1 Å². The van der Waals surface area contributed by atoms with E-state index in [0.717, 1.165) is 13.1 Å². The fraction of sp³-hybridized carbons (Fsp3) is 0.417. The summed E-state index contributed by atoms with van der Waals surface area (Å²) in [5.41, 5.74) is 0.141. The highest BCUT2D eigenvalue weighted by atomic mass is 79.9. The summed E-state index contributed by atoms with van der Waals surface area (Å²) in [6, 6.07) is 4.62. The minimum absolute atomic E-state index is 0.0966. The first kappa shape index (κ1) is 12.5. The van der Waals surface area contributed by atoms with Gasteiger partial charge in [0.15, 0.2) is 0 Å². The molecule has 17 heavy (non-hydrogen) atoms. The first-order chi connectivity index (χ1) is 8.09. The van der Waals surface area contributed by atoms with E-state index in [1.807, 2.05) is 6.92 Å². The van der Waals surface area contributed by atoms with Gasteiger partial charge in [0.25, 0.3) is 5.91 Å². The van der Waals surface area contributed by atoms with E-state index in [1.54, 1.807) is 11.0 Å². The number of carbonyl (C=O) groups is 1. The summed E-state index contributed by atoms with van der Waals surface area (Å²) in [4.78, 5) is 13.9. The van der Waals surface area contributed by atoms with Gasteiger partial charge in [-0.1, -0.05) is 15.9 Å². The molecule has 1 aliphatic heterocycles. The highest BCUT2D eigenvalue weighted by Gasteiger charge is 2.25. The number of amides is 1. The van der Waals surface area contributed by atoms with Crippen LogP contribution in [0.1, 0.15) is 17.3 Å². The largest absolute Gasteiger partial charge is 0.333 e. The third-order valence-corrected chi connectivity index (χ3v) is 3.42. The Balaban J connectivity index is 2.24. The highest BCUT2D eigenvalue weighted by molar-refractivity contribution is 9.10. The monoisotopic (exact) mass is 300 g/mol. The van der Waals surface area contributed by atoms with E-state index in [0.29, 0.717) is 11.0 Å². The summed E-state index contributed by atoms with van der Waals surface area (Å²) in [6.45, 7) is 4.09. The van der Waals surface area contributed by atoms with Crippen molar-refractivity contribution < 1.29 is 9.18 Å². The van der Waals surface area contributed by atoms with Crippen molar-refractivity contribution in [1.29, 1.82) is 0 Å². The van der Waals surface area contributed by atoms with Gasteiger partial charge >= 0.3 is 0 Å². The molecule has 2 rings (SSSR count). The first-order valence-corrected chi connectivity index (χ1v) is 6.35. The molecule has 3 nitrogen and oxygen atoms in total. The van der Waals surface area contributed by atoms with Gasteiger partial charge in [0.2, 0.25) is 0 Å². The number of piperazine rings is 1. The summed E-state index contributed by atoms with van der Waals surface area (Å²) in [7, 11) is 0. The van der Waals surface area contributed by atoms with Gasteiger partial charge in [-0.15, -0.1) is 0 Å². The average molecular weight is 301 g/mol. The van der Waals surface area contributed by atoms with Crippen LogP contribution in [-0.4, -0.2) is 36.5 Å². The van der Waals surface area contributed by atoms with Crippen LogP contribution in [0.15, 0.2) is 22.7 Å².